The molecule has 0 spiro atoms. The maximum atomic E-state index is 5.32. The maximum Gasteiger partial charge on any atom is 0.179 e. The zero-order valence-corrected chi connectivity index (χ0v) is 24.9. The molecular formula is C39H21N3S2. The van der Waals surface area contributed by atoms with Gasteiger partial charge in [-0.2, -0.15) is 0 Å². The van der Waals surface area contributed by atoms with E-state index in [9.17, 15) is 0 Å². The van der Waals surface area contributed by atoms with Crippen molar-refractivity contribution in [2.75, 3.05) is 0 Å². The Labute approximate surface area is 259 Å². The molecular weight excluding hydrogens is 575 g/mol. The summed E-state index contributed by atoms with van der Waals surface area (Å²) in [5.74, 6) is 0.641. The van der Waals surface area contributed by atoms with Crippen LogP contribution in [0.2, 0.25) is 0 Å². The van der Waals surface area contributed by atoms with Crippen LogP contribution in [0.25, 0.3) is 95.7 Å². The van der Waals surface area contributed by atoms with Gasteiger partial charge in [-0.05, 0) is 47.9 Å². The molecule has 10 aromatic rings. The van der Waals surface area contributed by atoms with E-state index in [1.807, 2.05) is 28.7 Å². The van der Waals surface area contributed by atoms with Crippen molar-refractivity contribution in [3.63, 3.8) is 0 Å². The van der Waals surface area contributed by atoms with E-state index in [1.165, 1.54) is 40.3 Å². The number of pyridine rings is 1. The fraction of sp³-hybridized carbons (Fsp3) is 0. The molecule has 6 aromatic carbocycles. The van der Waals surface area contributed by atoms with E-state index in [2.05, 4.69) is 121 Å². The zero-order valence-electron chi connectivity index (χ0n) is 23.3. The molecule has 0 unspecified atom stereocenters. The number of rotatable bonds is 2. The number of fused-ring (bicyclic) bond motifs is 10. The highest BCUT2D eigenvalue weighted by Crippen LogP contribution is 2.41. The lowest BCUT2D eigenvalue weighted by Crippen LogP contribution is -1.98. The minimum atomic E-state index is 0.641. The minimum Gasteiger partial charge on any atom is -0.244 e. The monoisotopic (exact) mass is 595 g/mol. The van der Waals surface area contributed by atoms with Crippen molar-refractivity contribution >= 4 is 95.6 Å². The number of aromatic nitrogens is 3. The third kappa shape index (κ3) is 3.51. The van der Waals surface area contributed by atoms with Crippen LogP contribution in [-0.2, 0) is 0 Å². The smallest absolute Gasteiger partial charge is 0.179 e. The van der Waals surface area contributed by atoms with Crippen LogP contribution in [0.3, 0.4) is 0 Å². The average Bonchev–Trinajstić information content (AvgIpc) is 3.64. The van der Waals surface area contributed by atoms with Crippen LogP contribution in [0.1, 0.15) is 0 Å². The molecule has 4 aromatic heterocycles. The highest BCUT2D eigenvalue weighted by molar-refractivity contribution is 7.26. The lowest BCUT2D eigenvalue weighted by molar-refractivity contribution is 1.20. The Balaban J connectivity index is 1.27. The standard InChI is InChI=1S/C39H21N3S2/c1-2-12-26-23(9-1)28-21-36-30(25-11-5-8-16-34(25)44-36)20-32(28)40-38(26)39-41-31-14-6-3-13-27(31)37(42-39)22-17-18-35-29(19-22)24-10-4-7-15-33(24)43-35/h1-21H. The van der Waals surface area contributed by atoms with Crippen molar-refractivity contribution < 1.29 is 0 Å². The summed E-state index contributed by atoms with van der Waals surface area (Å²) >= 11 is 3.67. The summed E-state index contributed by atoms with van der Waals surface area (Å²) in [6.45, 7) is 0. The van der Waals surface area contributed by atoms with Gasteiger partial charge in [-0.15, -0.1) is 22.7 Å². The predicted molar refractivity (Wildman–Crippen MR) is 189 cm³/mol. The second kappa shape index (κ2) is 9.13. The molecule has 10 rings (SSSR count). The Morgan fingerprint density at radius 1 is 0.341 bits per heavy atom. The zero-order chi connectivity index (χ0) is 28.8. The number of thiophene rings is 2. The van der Waals surface area contributed by atoms with Crippen LogP contribution in [0.15, 0.2) is 127 Å². The van der Waals surface area contributed by atoms with E-state index in [4.69, 9.17) is 15.0 Å². The van der Waals surface area contributed by atoms with Gasteiger partial charge in [0.05, 0.1) is 16.7 Å². The minimum absolute atomic E-state index is 0.641. The fourth-order valence-electron chi connectivity index (χ4n) is 6.62. The van der Waals surface area contributed by atoms with Gasteiger partial charge in [-0.25, -0.2) is 15.0 Å². The topological polar surface area (TPSA) is 38.7 Å². The molecule has 0 aliphatic rings. The van der Waals surface area contributed by atoms with Crippen LogP contribution in [0.5, 0.6) is 0 Å². The van der Waals surface area contributed by atoms with E-state index in [1.54, 1.807) is 0 Å². The highest BCUT2D eigenvalue weighted by Gasteiger charge is 2.18. The molecule has 0 saturated heterocycles. The summed E-state index contributed by atoms with van der Waals surface area (Å²) < 4.78 is 5.15. The Bertz CT molecular complexity index is 2790. The molecule has 3 nitrogen and oxygen atoms in total. The molecule has 0 radical (unpaired) electrons. The molecule has 0 N–H and O–H groups in total. The van der Waals surface area contributed by atoms with Crippen molar-refractivity contribution in [3.8, 4) is 22.8 Å². The number of para-hydroxylation sites is 1. The highest BCUT2D eigenvalue weighted by atomic mass is 32.1. The molecule has 0 aliphatic carbocycles. The third-order valence-corrected chi connectivity index (χ3v) is 11.0. The lowest BCUT2D eigenvalue weighted by Gasteiger charge is -2.12. The SMILES string of the molecule is c1ccc2c(-c3ccc4sc5ccccc5c4c3)nc(-c3nc4cc5c(cc4c4ccccc34)sc3ccccc35)nc2c1. The Morgan fingerprint density at radius 3 is 1.75 bits per heavy atom. The van der Waals surface area contributed by atoms with Crippen molar-refractivity contribution in [1.29, 1.82) is 0 Å². The quantitative estimate of drug-likeness (QED) is 0.187. The van der Waals surface area contributed by atoms with Gasteiger partial charge in [-0.1, -0.05) is 84.9 Å². The molecule has 0 saturated carbocycles. The normalized spacial score (nSPS) is 12.1. The van der Waals surface area contributed by atoms with Crippen LogP contribution in [0, 0.1) is 0 Å². The van der Waals surface area contributed by atoms with Crippen molar-refractivity contribution in [2.24, 2.45) is 0 Å². The molecule has 5 heteroatoms. The van der Waals surface area contributed by atoms with Gasteiger partial charge in [0.25, 0.3) is 0 Å². The molecule has 204 valence electrons. The summed E-state index contributed by atoms with van der Waals surface area (Å²) in [5, 5.41) is 9.45. The first kappa shape index (κ1) is 24.2. The van der Waals surface area contributed by atoms with Gasteiger partial charge in [0.15, 0.2) is 5.82 Å². The number of benzene rings is 6. The first-order chi connectivity index (χ1) is 21.8. The van der Waals surface area contributed by atoms with E-state index >= 15 is 0 Å². The van der Waals surface area contributed by atoms with E-state index < -0.39 is 0 Å². The van der Waals surface area contributed by atoms with Crippen LogP contribution >= 0.6 is 22.7 Å². The van der Waals surface area contributed by atoms with Crippen LogP contribution in [-0.4, -0.2) is 15.0 Å². The molecule has 44 heavy (non-hydrogen) atoms. The summed E-state index contributed by atoms with van der Waals surface area (Å²) in [4.78, 5) is 15.7. The molecule has 0 aliphatic heterocycles. The predicted octanol–water partition coefficient (Wildman–Crippen LogP) is 11.4. The second-order valence-electron chi connectivity index (χ2n) is 11.2. The van der Waals surface area contributed by atoms with Gasteiger partial charge in [-0.3, -0.25) is 0 Å². The fourth-order valence-corrected chi connectivity index (χ4v) is 8.83. The van der Waals surface area contributed by atoms with E-state index in [-0.39, 0.29) is 0 Å². The summed E-state index contributed by atoms with van der Waals surface area (Å²) in [6, 6.07) is 45.3. The Morgan fingerprint density at radius 2 is 0.955 bits per heavy atom. The van der Waals surface area contributed by atoms with Gasteiger partial charge < -0.3 is 0 Å². The number of hydrogen-bond donors (Lipinski definition) is 0. The molecule has 0 amide bonds. The average molecular weight is 596 g/mol. The third-order valence-electron chi connectivity index (χ3n) is 8.66. The first-order valence-electron chi connectivity index (χ1n) is 14.6. The summed E-state index contributed by atoms with van der Waals surface area (Å²) in [6.07, 6.45) is 0. The van der Waals surface area contributed by atoms with Crippen LogP contribution in [0.4, 0.5) is 0 Å². The first-order valence-corrected chi connectivity index (χ1v) is 16.2. The number of hydrogen-bond acceptors (Lipinski definition) is 5. The molecule has 0 atom stereocenters. The van der Waals surface area contributed by atoms with Crippen molar-refractivity contribution in [3.05, 3.63) is 127 Å². The van der Waals surface area contributed by atoms with Crippen LogP contribution < -0.4 is 0 Å². The summed E-state index contributed by atoms with van der Waals surface area (Å²) in [5.41, 5.74) is 4.68. The van der Waals surface area contributed by atoms with Gasteiger partial charge >= 0.3 is 0 Å². The summed E-state index contributed by atoms with van der Waals surface area (Å²) in [7, 11) is 0. The Kier molecular flexibility index (Phi) is 5.03. The van der Waals surface area contributed by atoms with E-state index in [0.29, 0.717) is 5.82 Å². The second-order valence-corrected chi connectivity index (χ2v) is 13.4. The van der Waals surface area contributed by atoms with Gasteiger partial charge in [0.1, 0.15) is 5.69 Å². The maximum absolute atomic E-state index is 5.32. The van der Waals surface area contributed by atoms with Gasteiger partial charge in [0.2, 0.25) is 0 Å². The lowest BCUT2D eigenvalue weighted by atomic mass is 10.0. The van der Waals surface area contributed by atoms with Gasteiger partial charge in [0, 0.05) is 62.1 Å². The number of nitrogens with zero attached hydrogens (tertiary/aromatic N) is 3. The molecule has 0 bridgehead atoms. The largest absolute Gasteiger partial charge is 0.244 e. The van der Waals surface area contributed by atoms with E-state index in [0.717, 1.165) is 49.5 Å². The van der Waals surface area contributed by atoms with Crippen molar-refractivity contribution in [1.82, 2.24) is 15.0 Å². The Hall–Kier alpha value is -5.23. The molecule has 0 fully saturated rings. The molecule has 4 heterocycles. The van der Waals surface area contributed by atoms with Crippen molar-refractivity contribution in [2.45, 2.75) is 0 Å².